The van der Waals surface area contributed by atoms with Crippen LogP contribution in [-0.4, -0.2) is 18.0 Å². The highest BCUT2D eigenvalue weighted by Crippen LogP contribution is 2.36. The third-order valence-corrected chi connectivity index (χ3v) is 4.80. The van der Waals surface area contributed by atoms with E-state index in [1.807, 2.05) is 32.0 Å². The molecule has 0 N–H and O–H groups in total. The van der Waals surface area contributed by atoms with Crippen LogP contribution in [0.2, 0.25) is 0 Å². The van der Waals surface area contributed by atoms with Gasteiger partial charge in [-0.25, -0.2) is 0 Å². The molecule has 0 fully saturated rings. The number of azo groups is 1. The molecule has 2 rings (SSSR count). The summed E-state index contributed by atoms with van der Waals surface area (Å²) in [5.74, 6) is 0. The lowest BCUT2D eigenvalue weighted by Crippen LogP contribution is -2.23. The second-order valence-corrected chi connectivity index (χ2v) is 6.50. The maximum Gasteiger partial charge on any atom is 0.326 e. The summed E-state index contributed by atoms with van der Waals surface area (Å²) in [6.07, 6.45) is 0.477. The van der Waals surface area contributed by atoms with Gasteiger partial charge in [0.15, 0.2) is 0 Å². The Bertz CT molecular complexity index is 838. The highest BCUT2D eigenvalue weighted by molar-refractivity contribution is 7.19. The van der Waals surface area contributed by atoms with Crippen molar-refractivity contribution in [3.05, 3.63) is 45.5 Å². The number of rotatable bonds is 7. The van der Waals surface area contributed by atoms with Crippen LogP contribution in [0.15, 0.2) is 34.5 Å². The highest BCUT2D eigenvalue weighted by Gasteiger charge is 2.14. The zero-order valence-corrected chi connectivity index (χ0v) is 15.2. The van der Waals surface area contributed by atoms with E-state index in [1.54, 1.807) is 6.92 Å². The minimum atomic E-state index is -0.419. The zero-order valence-electron chi connectivity index (χ0n) is 14.4. The summed E-state index contributed by atoms with van der Waals surface area (Å²) in [6, 6.07) is 9.50. The molecule has 0 saturated carbocycles. The summed E-state index contributed by atoms with van der Waals surface area (Å²) < 4.78 is 0. The van der Waals surface area contributed by atoms with Gasteiger partial charge < -0.3 is 4.90 Å². The quantitative estimate of drug-likeness (QED) is 0.375. The molecular formula is C17H19N5O2S. The number of hydrogen-bond donors (Lipinski definition) is 0. The number of thiophene rings is 1. The van der Waals surface area contributed by atoms with Gasteiger partial charge in [0.2, 0.25) is 0 Å². The van der Waals surface area contributed by atoms with Gasteiger partial charge in [0.25, 0.3) is 0 Å². The van der Waals surface area contributed by atoms with Gasteiger partial charge in [0.1, 0.15) is 5.00 Å². The van der Waals surface area contributed by atoms with E-state index in [4.69, 9.17) is 5.26 Å². The van der Waals surface area contributed by atoms with Crippen LogP contribution in [0.1, 0.15) is 24.5 Å². The molecule has 0 aliphatic rings. The van der Waals surface area contributed by atoms with E-state index in [2.05, 4.69) is 21.2 Å². The molecule has 0 aliphatic heterocycles. The topological polar surface area (TPSA) is 94.9 Å². The maximum absolute atomic E-state index is 10.8. The van der Waals surface area contributed by atoms with E-state index in [0.29, 0.717) is 18.0 Å². The van der Waals surface area contributed by atoms with Crippen LogP contribution in [0.4, 0.5) is 21.4 Å². The lowest BCUT2D eigenvalue weighted by Gasteiger charge is -2.22. The average molecular weight is 357 g/mol. The molecular weight excluding hydrogens is 338 g/mol. The van der Waals surface area contributed by atoms with Crippen molar-refractivity contribution in [2.24, 2.45) is 10.2 Å². The molecule has 0 unspecified atom stereocenters. The molecule has 1 heterocycles. The standard InChI is InChI=1S/C17H19N5O2S/c1-4-21(9-5-8-18)14-6-7-15(12(2)10-14)19-20-17-13(3)11-16(25-17)22(23)24/h6-7,10-11H,4-5,9H2,1-3H3. The van der Waals surface area contributed by atoms with Gasteiger partial charge in [-0.05, 0) is 61.4 Å². The third-order valence-electron chi connectivity index (χ3n) is 3.73. The number of aryl methyl sites for hydroxylation is 2. The van der Waals surface area contributed by atoms with Crippen LogP contribution in [-0.2, 0) is 0 Å². The molecule has 8 heteroatoms. The third kappa shape index (κ3) is 4.61. The van der Waals surface area contributed by atoms with Crippen LogP contribution in [0, 0.1) is 35.3 Å². The Morgan fingerprint density at radius 3 is 2.60 bits per heavy atom. The Hall–Kier alpha value is -2.79. The van der Waals surface area contributed by atoms with Crippen LogP contribution in [0.5, 0.6) is 0 Å². The van der Waals surface area contributed by atoms with E-state index < -0.39 is 4.92 Å². The van der Waals surface area contributed by atoms with Crippen molar-refractivity contribution in [2.45, 2.75) is 27.2 Å². The highest BCUT2D eigenvalue weighted by atomic mass is 32.1. The minimum Gasteiger partial charge on any atom is -0.371 e. The first kappa shape index (κ1) is 18.5. The van der Waals surface area contributed by atoms with Crippen molar-refractivity contribution in [3.63, 3.8) is 0 Å². The van der Waals surface area contributed by atoms with Crippen LogP contribution < -0.4 is 4.90 Å². The number of nitriles is 1. The minimum absolute atomic E-state index is 0.0644. The van der Waals surface area contributed by atoms with Crippen molar-refractivity contribution in [2.75, 3.05) is 18.0 Å². The van der Waals surface area contributed by atoms with Crippen molar-refractivity contribution in [1.82, 2.24) is 0 Å². The molecule has 130 valence electrons. The maximum atomic E-state index is 10.8. The number of anilines is 1. The Labute approximate surface area is 150 Å². The van der Waals surface area contributed by atoms with Gasteiger partial charge in [0, 0.05) is 24.8 Å². The molecule has 0 amide bonds. The van der Waals surface area contributed by atoms with E-state index >= 15 is 0 Å². The normalized spacial score (nSPS) is 10.8. The predicted molar refractivity (Wildman–Crippen MR) is 99.2 cm³/mol. The first-order valence-corrected chi connectivity index (χ1v) is 8.67. The van der Waals surface area contributed by atoms with Crippen LogP contribution >= 0.6 is 11.3 Å². The number of benzene rings is 1. The Balaban J connectivity index is 2.21. The summed E-state index contributed by atoms with van der Waals surface area (Å²) in [7, 11) is 0. The van der Waals surface area contributed by atoms with Gasteiger partial charge in [0.05, 0.1) is 23.1 Å². The predicted octanol–water partition coefficient (Wildman–Crippen LogP) is 5.43. The van der Waals surface area contributed by atoms with Gasteiger partial charge >= 0.3 is 5.00 Å². The first-order valence-electron chi connectivity index (χ1n) is 7.85. The van der Waals surface area contributed by atoms with E-state index in [9.17, 15) is 10.1 Å². The van der Waals surface area contributed by atoms with Crippen molar-refractivity contribution in [3.8, 4) is 6.07 Å². The van der Waals surface area contributed by atoms with Gasteiger partial charge in [-0.2, -0.15) is 5.26 Å². The lowest BCUT2D eigenvalue weighted by molar-refractivity contribution is -0.380. The monoisotopic (exact) mass is 357 g/mol. The van der Waals surface area contributed by atoms with Crippen LogP contribution in [0.3, 0.4) is 0 Å². The number of nitro groups is 1. The SMILES string of the molecule is CCN(CCC#N)c1ccc(N=Nc2sc([N+](=O)[O-])cc2C)c(C)c1. The fourth-order valence-electron chi connectivity index (χ4n) is 2.35. The molecule has 1 aromatic heterocycles. The summed E-state index contributed by atoms with van der Waals surface area (Å²) in [5, 5.41) is 28.6. The summed E-state index contributed by atoms with van der Waals surface area (Å²) in [5.41, 5.74) is 3.46. The Morgan fingerprint density at radius 2 is 2.04 bits per heavy atom. The van der Waals surface area contributed by atoms with Gasteiger partial charge in [-0.3, -0.25) is 10.1 Å². The molecule has 2 aromatic rings. The number of hydrogen-bond acceptors (Lipinski definition) is 7. The van der Waals surface area contributed by atoms with E-state index in [-0.39, 0.29) is 5.00 Å². The Morgan fingerprint density at radius 1 is 1.28 bits per heavy atom. The molecule has 0 atom stereocenters. The summed E-state index contributed by atoms with van der Waals surface area (Å²) in [4.78, 5) is 12.5. The summed E-state index contributed by atoms with van der Waals surface area (Å²) >= 11 is 1.02. The molecule has 0 radical (unpaired) electrons. The Kier molecular flexibility index (Phi) is 6.19. The van der Waals surface area contributed by atoms with Crippen molar-refractivity contribution >= 4 is 32.7 Å². The molecule has 25 heavy (non-hydrogen) atoms. The summed E-state index contributed by atoms with van der Waals surface area (Å²) in [6.45, 7) is 7.28. The van der Waals surface area contributed by atoms with Crippen molar-refractivity contribution in [1.29, 1.82) is 5.26 Å². The molecule has 0 aliphatic carbocycles. The molecule has 1 aromatic carbocycles. The van der Waals surface area contributed by atoms with E-state index in [0.717, 1.165) is 40.4 Å². The average Bonchev–Trinajstić information content (AvgIpc) is 2.96. The molecule has 0 saturated heterocycles. The molecule has 0 bridgehead atoms. The smallest absolute Gasteiger partial charge is 0.326 e. The fourth-order valence-corrected chi connectivity index (χ4v) is 3.16. The molecule has 7 nitrogen and oxygen atoms in total. The largest absolute Gasteiger partial charge is 0.371 e. The van der Waals surface area contributed by atoms with E-state index in [1.165, 1.54) is 6.07 Å². The first-order chi connectivity index (χ1) is 12.0. The van der Waals surface area contributed by atoms with Gasteiger partial charge in [-0.15, -0.1) is 10.2 Å². The fraction of sp³-hybridized carbons (Fsp3) is 0.353. The van der Waals surface area contributed by atoms with Crippen molar-refractivity contribution < 1.29 is 4.92 Å². The zero-order chi connectivity index (χ0) is 18.4. The van der Waals surface area contributed by atoms with Crippen LogP contribution in [0.25, 0.3) is 0 Å². The van der Waals surface area contributed by atoms with Gasteiger partial charge in [-0.1, -0.05) is 0 Å². The molecule has 0 spiro atoms. The second kappa shape index (κ2) is 8.35. The second-order valence-electron chi connectivity index (χ2n) is 5.49. The number of nitrogens with zero attached hydrogens (tertiary/aromatic N) is 5. The lowest BCUT2D eigenvalue weighted by atomic mass is 10.1.